The fourth-order valence-electron chi connectivity index (χ4n) is 7.75. The molecule has 1 aromatic heterocycles. The number of aromatic nitrogens is 1. The maximum absolute atomic E-state index is 3.69. The van der Waals surface area contributed by atoms with Crippen LogP contribution < -0.4 is 5.32 Å². The van der Waals surface area contributed by atoms with Crippen molar-refractivity contribution in [1.29, 1.82) is 0 Å². The number of nitrogens with one attached hydrogen (secondary N) is 1. The summed E-state index contributed by atoms with van der Waals surface area (Å²) in [6.45, 7) is 0. The predicted octanol–water partition coefficient (Wildman–Crippen LogP) is 12.7. The van der Waals surface area contributed by atoms with Gasteiger partial charge in [0.05, 0.1) is 16.7 Å². The summed E-state index contributed by atoms with van der Waals surface area (Å²) >= 11 is 0. The van der Waals surface area contributed by atoms with Gasteiger partial charge in [-0.1, -0.05) is 127 Å². The second kappa shape index (κ2) is 10.6. The van der Waals surface area contributed by atoms with Gasteiger partial charge >= 0.3 is 0 Å². The summed E-state index contributed by atoms with van der Waals surface area (Å²) in [5.74, 6) is 0. The first kappa shape index (κ1) is 26.8. The van der Waals surface area contributed by atoms with Crippen LogP contribution in [0.2, 0.25) is 0 Å². The molecule has 0 radical (unpaired) electrons. The zero-order chi connectivity index (χ0) is 31.6. The third kappa shape index (κ3) is 4.06. The van der Waals surface area contributed by atoms with E-state index in [4.69, 9.17) is 0 Å². The van der Waals surface area contributed by atoms with Crippen molar-refractivity contribution >= 4 is 44.0 Å². The van der Waals surface area contributed by atoms with Crippen LogP contribution in [0, 0.1) is 0 Å². The van der Waals surface area contributed by atoms with Crippen LogP contribution in [0.1, 0.15) is 0 Å². The number of anilines is 2. The number of fused-ring (bicyclic) bond motifs is 10. The van der Waals surface area contributed by atoms with Crippen molar-refractivity contribution in [2.45, 2.75) is 0 Å². The highest BCUT2D eigenvalue weighted by Gasteiger charge is 2.26. The number of nitrogens with zero attached hydrogens (tertiary/aromatic N) is 1. The monoisotopic (exact) mass is 610 g/mol. The molecule has 0 saturated heterocycles. The second-order valence-corrected chi connectivity index (χ2v) is 12.6. The highest BCUT2D eigenvalue weighted by atomic mass is 15.0. The predicted molar refractivity (Wildman–Crippen MR) is 203 cm³/mol. The normalized spacial score (nSPS) is 11.8. The topological polar surface area (TPSA) is 17.0 Å². The number of para-hydroxylation sites is 2. The average Bonchev–Trinajstić information content (AvgIpc) is 3.44. The Morgan fingerprint density at radius 2 is 1.06 bits per heavy atom. The number of hydrogen-bond acceptors (Lipinski definition) is 1. The lowest BCUT2D eigenvalue weighted by Crippen LogP contribution is -1.95. The lowest BCUT2D eigenvalue weighted by Gasteiger charge is -2.16. The lowest BCUT2D eigenvalue weighted by atomic mass is 9.90. The third-order valence-electron chi connectivity index (χ3n) is 9.89. The van der Waals surface area contributed by atoms with Gasteiger partial charge in [0.15, 0.2) is 0 Å². The Morgan fingerprint density at radius 1 is 0.396 bits per heavy atom. The molecule has 0 fully saturated rings. The van der Waals surface area contributed by atoms with Gasteiger partial charge in [-0.05, 0) is 87.1 Å². The molecule has 9 aromatic rings. The molecule has 0 saturated carbocycles. The molecule has 0 aliphatic carbocycles. The van der Waals surface area contributed by atoms with Crippen molar-refractivity contribution in [3.05, 3.63) is 176 Å². The minimum Gasteiger partial charge on any atom is -0.355 e. The largest absolute Gasteiger partial charge is 0.355 e. The fraction of sp³-hybridized carbons (Fsp3) is 0. The first-order chi connectivity index (χ1) is 23.8. The van der Waals surface area contributed by atoms with Gasteiger partial charge in [-0.3, -0.25) is 0 Å². The minimum absolute atomic E-state index is 1.07. The van der Waals surface area contributed by atoms with Gasteiger partial charge in [-0.25, -0.2) is 0 Å². The van der Waals surface area contributed by atoms with Crippen LogP contribution in [-0.4, -0.2) is 4.57 Å². The molecule has 2 heteroatoms. The second-order valence-electron chi connectivity index (χ2n) is 12.6. The van der Waals surface area contributed by atoms with E-state index in [1.54, 1.807) is 0 Å². The summed E-state index contributed by atoms with van der Waals surface area (Å²) in [5.41, 5.74) is 15.6. The Bertz CT molecular complexity index is 2680. The molecule has 1 aliphatic heterocycles. The van der Waals surface area contributed by atoms with Crippen molar-refractivity contribution in [2.24, 2.45) is 0 Å². The van der Waals surface area contributed by atoms with E-state index in [1.165, 1.54) is 82.8 Å². The first-order valence-electron chi connectivity index (χ1n) is 16.5. The molecule has 2 nitrogen and oxygen atoms in total. The summed E-state index contributed by atoms with van der Waals surface area (Å²) in [5, 5.41) is 8.79. The van der Waals surface area contributed by atoms with Crippen LogP contribution in [0.15, 0.2) is 176 Å². The van der Waals surface area contributed by atoms with Crippen LogP contribution in [0.3, 0.4) is 0 Å². The summed E-state index contributed by atoms with van der Waals surface area (Å²) in [6.07, 6.45) is 0. The molecule has 0 amide bonds. The molecule has 1 N–H and O–H groups in total. The molecule has 0 unspecified atom stereocenters. The molecule has 224 valence electrons. The summed E-state index contributed by atoms with van der Waals surface area (Å²) < 4.78 is 2.51. The number of hydrogen-bond donors (Lipinski definition) is 1. The highest BCUT2D eigenvalue weighted by Crippen LogP contribution is 2.49. The van der Waals surface area contributed by atoms with Crippen LogP contribution in [-0.2, 0) is 0 Å². The molecule has 8 aromatic carbocycles. The Labute approximate surface area is 279 Å². The Morgan fingerprint density at radius 3 is 1.90 bits per heavy atom. The average molecular weight is 611 g/mol. The smallest absolute Gasteiger partial charge is 0.0620 e. The number of benzene rings is 8. The van der Waals surface area contributed by atoms with E-state index in [0.29, 0.717) is 0 Å². The summed E-state index contributed by atoms with van der Waals surface area (Å²) in [6, 6.07) is 63.9. The standard InChI is InChI=1S/C46H30N2/c1-3-13-30(14-4-1)39-27-32(23-25-42(39)47-34-16-5-2-6-17-34)33-28-40-37-20-10-9-19-36(37)38-21-11-12-22-43(38)48-44-26-24-31-15-7-8-18-35(31)45(44)41(29-33)46(40)48/h1-29,47H. The van der Waals surface area contributed by atoms with Crippen molar-refractivity contribution in [3.8, 4) is 50.2 Å². The quantitative estimate of drug-likeness (QED) is 0.210. The third-order valence-corrected chi connectivity index (χ3v) is 9.89. The molecular formula is C46H30N2. The van der Waals surface area contributed by atoms with Crippen molar-refractivity contribution in [3.63, 3.8) is 0 Å². The van der Waals surface area contributed by atoms with Gasteiger partial charge in [0.1, 0.15) is 0 Å². The Balaban J connectivity index is 1.30. The van der Waals surface area contributed by atoms with Crippen molar-refractivity contribution < 1.29 is 0 Å². The van der Waals surface area contributed by atoms with Crippen molar-refractivity contribution in [1.82, 2.24) is 4.57 Å². The molecule has 0 atom stereocenters. The van der Waals surface area contributed by atoms with Crippen molar-refractivity contribution in [2.75, 3.05) is 5.32 Å². The molecule has 10 rings (SSSR count). The van der Waals surface area contributed by atoms with E-state index < -0.39 is 0 Å². The Hall–Kier alpha value is -6.38. The highest BCUT2D eigenvalue weighted by molar-refractivity contribution is 6.25. The van der Waals surface area contributed by atoms with E-state index in [0.717, 1.165) is 11.4 Å². The minimum atomic E-state index is 1.07. The maximum Gasteiger partial charge on any atom is 0.0620 e. The zero-order valence-electron chi connectivity index (χ0n) is 26.2. The van der Waals surface area contributed by atoms with Gasteiger partial charge in [-0.15, -0.1) is 0 Å². The fourth-order valence-corrected chi connectivity index (χ4v) is 7.75. The molecule has 2 heterocycles. The molecule has 48 heavy (non-hydrogen) atoms. The van der Waals surface area contributed by atoms with E-state index in [2.05, 4.69) is 180 Å². The van der Waals surface area contributed by atoms with Crippen LogP contribution >= 0.6 is 0 Å². The van der Waals surface area contributed by atoms with E-state index in [1.807, 2.05) is 6.07 Å². The zero-order valence-corrected chi connectivity index (χ0v) is 26.2. The van der Waals surface area contributed by atoms with Gasteiger partial charge in [0.2, 0.25) is 0 Å². The summed E-state index contributed by atoms with van der Waals surface area (Å²) in [4.78, 5) is 0. The molecule has 1 aliphatic rings. The van der Waals surface area contributed by atoms with Crippen LogP contribution in [0.4, 0.5) is 11.4 Å². The van der Waals surface area contributed by atoms with E-state index in [-0.39, 0.29) is 0 Å². The maximum atomic E-state index is 3.69. The van der Waals surface area contributed by atoms with E-state index in [9.17, 15) is 0 Å². The van der Waals surface area contributed by atoms with Gasteiger partial charge in [-0.2, -0.15) is 0 Å². The van der Waals surface area contributed by atoms with Crippen LogP contribution in [0.5, 0.6) is 0 Å². The van der Waals surface area contributed by atoms with E-state index >= 15 is 0 Å². The van der Waals surface area contributed by atoms with Gasteiger partial charge in [0, 0.05) is 38.8 Å². The Kier molecular flexibility index (Phi) is 5.91. The van der Waals surface area contributed by atoms with Gasteiger partial charge < -0.3 is 9.88 Å². The van der Waals surface area contributed by atoms with Crippen LogP contribution in [0.25, 0.3) is 82.8 Å². The molecule has 0 bridgehead atoms. The molecular weight excluding hydrogens is 581 g/mol. The SMILES string of the molecule is c1ccc(Nc2ccc(-c3cc4c5c(c3)c3c6ccccc6ccc3n5-c3ccccc3-c3ccccc3-4)cc2-c2ccccc2)cc1. The summed E-state index contributed by atoms with van der Waals surface area (Å²) in [7, 11) is 0. The van der Waals surface area contributed by atoms with Gasteiger partial charge in [0.25, 0.3) is 0 Å². The molecule has 0 spiro atoms. The lowest BCUT2D eigenvalue weighted by molar-refractivity contribution is 1.19. The number of rotatable bonds is 4. The first-order valence-corrected chi connectivity index (χ1v) is 16.5.